The maximum Gasteiger partial charge on any atom is 0.300 e. The topological polar surface area (TPSA) is 85.3 Å². The zero-order valence-electron chi connectivity index (χ0n) is 20.3. The highest BCUT2D eigenvalue weighted by atomic mass is 16.5. The van der Waals surface area contributed by atoms with Gasteiger partial charge in [-0.2, -0.15) is 0 Å². The Bertz CT molecular complexity index is 1300. The minimum absolute atomic E-state index is 0.0544. The standard InChI is InChI=1S/C28H27NO6/c1-16-9-12-19(15-17(16)2)29-25(18-10-13-20(33-3)14-11-18)24(27(31)28(29)32)26(30)23-21(34-4)7-6-8-22(23)35-5/h6-15,25,30H,1-5H3/b26-24+. The van der Waals surface area contributed by atoms with Gasteiger partial charge in [0.2, 0.25) is 0 Å². The molecule has 0 aliphatic carbocycles. The molecule has 1 fully saturated rings. The highest BCUT2D eigenvalue weighted by Crippen LogP contribution is 2.45. The van der Waals surface area contributed by atoms with Gasteiger partial charge in [-0.3, -0.25) is 14.5 Å². The van der Waals surface area contributed by atoms with Crippen LogP contribution in [-0.4, -0.2) is 38.1 Å². The highest BCUT2D eigenvalue weighted by Gasteiger charge is 2.47. The molecule has 0 aromatic heterocycles. The fourth-order valence-electron chi connectivity index (χ4n) is 4.30. The minimum atomic E-state index is -0.877. The Kier molecular flexibility index (Phi) is 6.51. The summed E-state index contributed by atoms with van der Waals surface area (Å²) in [6.45, 7) is 3.92. The first-order valence-corrected chi connectivity index (χ1v) is 11.1. The number of amides is 1. The van der Waals surface area contributed by atoms with Gasteiger partial charge in [-0.05, 0) is 66.9 Å². The Morgan fingerprint density at radius 2 is 1.46 bits per heavy atom. The van der Waals surface area contributed by atoms with Crippen molar-refractivity contribution < 1.29 is 28.9 Å². The SMILES string of the molecule is COc1ccc(C2/C(=C(\O)c3c(OC)cccc3OC)C(=O)C(=O)N2c2ccc(C)c(C)c2)cc1. The van der Waals surface area contributed by atoms with E-state index in [-0.39, 0.29) is 16.9 Å². The zero-order valence-corrected chi connectivity index (χ0v) is 20.3. The van der Waals surface area contributed by atoms with Crippen LogP contribution in [0.4, 0.5) is 5.69 Å². The Labute approximate surface area is 204 Å². The molecular formula is C28H27NO6. The van der Waals surface area contributed by atoms with Crippen molar-refractivity contribution in [3.8, 4) is 17.2 Å². The Hall–Kier alpha value is -4.26. The Morgan fingerprint density at radius 1 is 0.829 bits per heavy atom. The second kappa shape index (κ2) is 9.54. The fourth-order valence-corrected chi connectivity index (χ4v) is 4.30. The van der Waals surface area contributed by atoms with Crippen molar-refractivity contribution in [2.75, 3.05) is 26.2 Å². The predicted molar refractivity (Wildman–Crippen MR) is 133 cm³/mol. The van der Waals surface area contributed by atoms with Crippen LogP contribution in [0.2, 0.25) is 0 Å². The van der Waals surface area contributed by atoms with Gasteiger partial charge in [0.25, 0.3) is 11.7 Å². The van der Waals surface area contributed by atoms with Crippen LogP contribution in [0.5, 0.6) is 17.2 Å². The monoisotopic (exact) mass is 473 g/mol. The number of carbonyl (C=O) groups is 2. The van der Waals surface area contributed by atoms with Gasteiger partial charge in [0.15, 0.2) is 0 Å². The average Bonchev–Trinajstić information content (AvgIpc) is 3.15. The molecule has 3 aromatic carbocycles. The summed E-state index contributed by atoms with van der Waals surface area (Å²) in [4.78, 5) is 28.3. The number of aliphatic hydroxyl groups excluding tert-OH is 1. The summed E-state index contributed by atoms with van der Waals surface area (Å²) in [6, 6.07) is 16.7. The number of Topliss-reactive ketones (excluding diaryl/α,β-unsaturated/α-hetero) is 1. The lowest BCUT2D eigenvalue weighted by Crippen LogP contribution is -2.29. The van der Waals surface area contributed by atoms with Gasteiger partial charge >= 0.3 is 0 Å². The molecule has 7 nitrogen and oxygen atoms in total. The maximum absolute atomic E-state index is 13.4. The van der Waals surface area contributed by atoms with Crippen LogP contribution in [-0.2, 0) is 9.59 Å². The molecule has 1 amide bonds. The summed E-state index contributed by atoms with van der Waals surface area (Å²) in [6.07, 6.45) is 0. The van der Waals surface area contributed by atoms with Crippen molar-refractivity contribution in [3.63, 3.8) is 0 Å². The van der Waals surface area contributed by atoms with Crippen LogP contribution in [0.25, 0.3) is 5.76 Å². The smallest absolute Gasteiger partial charge is 0.300 e. The van der Waals surface area contributed by atoms with Crippen molar-refractivity contribution >= 4 is 23.1 Å². The maximum atomic E-state index is 13.4. The molecule has 1 heterocycles. The largest absolute Gasteiger partial charge is 0.506 e. The number of methoxy groups -OCH3 is 3. The number of benzene rings is 3. The second-order valence-electron chi connectivity index (χ2n) is 8.25. The number of carbonyl (C=O) groups excluding carboxylic acids is 2. The van der Waals surface area contributed by atoms with Crippen LogP contribution >= 0.6 is 0 Å². The van der Waals surface area contributed by atoms with Gasteiger partial charge < -0.3 is 19.3 Å². The molecule has 0 bridgehead atoms. The lowest BCUT2D eigenvalue weighted by atomic mass is 9.94. The van der Waals surface area contributed by atoms with E-state index in [0.29, 0.717) is 28.5 Å². The van der Waals surface area contributed by atoms with Crippen LogP contribution in [0.1, 0.15) is 28.3 Å². The van der Waals surface area contributed by atoms with Gasteiger partial charge in [0.1, 0.15) is 28.6 Å². The molecule has 0 spiro atoms. The van der Waals surface area contributed by atoms with E-state index in [9.17, 15) is 14.7 Å². The number of aliphatic hydroxyl groups is 1. The van der Waals surface area contributed by atoms with E-state index in [1.54, 1.807) is 55.6 Å². The predicted octanol–water partition coefficient (Wildman–Crippen LogP) is 4.96. The number of hydrogen-bond donors (Lipinski definition) is 1. The van der Waals surface area contributed by atoms with E-state index >= 15 is 0 Å². The third-order valence-electron chi connectivity index (χ3n) is 6.31. The van der Waals surface area contributed by atoms with Gasteiger partial charge in [0, 0.05) is 5.69 Å². The fraction of sp³-hybridized carbons (Fsp3) is 0.214. The number of rotatable bonds is 6. The quantitative estimate of drug-likeness (QED) is 0.310. The van der Waals surface area contributed by atoms with Gasteiger partial charge in [-0.25, -0.2) is 0 Å². The summed E-state index contributed by atoms with van der Waals surface area (Å²) < 4.78 is 16.2. The van der Waals surface area contributed by atoms with E-state index in [2.05, 4.69) is 0 Å². The number of ether oxygens (including phenoxy) is 3. The molecule has 3 aromatic rings. The first-order chi connectivity index (χ1) is 16.8. The van der Waals surface area contributed by atoms with Crippen LogP contribution < -0.4 is 19.1 Å². The molecule has 1 saturated heterocycles. The van der Waals surface area contributed by atoms with E-state index in [0.717, 1.165) is 11.1 Å². The lowest BCUT2D eigenvalue weighted by molar-refractivity contribution is -0.132. The molecule has 35 heavy (non-hydrogen) atoms. The van der Waals surface area contributed by atoms with Gasteiger partial charge in [-0.1, -0.05) is 24.3 Å². The number of anilines is 1. The van der Waals surface area contributed by atoms with E-state index in [4.69, 9.17) is 14.2 Å². The average molecular weight is 474 g/mol. The number of aryl methyl sites for hydroxylation is 2. The van der Waals surface area contributed by atoms with Crippen LogP contribution in [0, 0.1) is 13.8 Å². The molecule has 7 heteroatoms. The van der Waals surface area contributed by atoms with E-state index in [1.807, 2.05) is 26.0 Å². The first-order valence-electron chi connectivity index (χ1n) is 11.1. The zero-order chi connectivity index (χ0) is 25.3. The second-order valence-corrected chi connectivity index (χ2v) is 8.25. The van der Waals surface area contributed by atoms with Crippen molar-refractivity contribution in [3.05, 3.63) is 88.5 Å². The summed E-state index contributed by atoms with van der Waals surface area (Å²) in [5, 5.41) is 11.5. The highest BCUT2D eigenvalue weighted by molar-refractivity contribution is 6.51. The molecule has 180 valence electrons. The third kappa shape index (κ3) is 4.10. The molecule has 0 saturated carbocycles. The Morgan fingerprint density at radius 3 is 2.00 bits per heavy atom. The normalized spacial score (nSPS) is 16.9. The summed E-state index contributed by atoms with van der Waals surface area (Å²) in [5.74, 6) is -0.646. The molecule has 4 rings (SSSR count). The molecule has 0 radical (unpaired) electrons. The molecule has 1 atom stereocenters. The van der Waals surface area contributed by atoms with E-state index in [1.165, 1.54) is 19.1 Å². The van der Waals surface area contributed by atoms with Crippen molar-refractivity contribution in [1.29, 1.82) is 0 Å². The molecular weight excluding hydrogens is 446 g/mol. The van der Waals surface area contributed by atoms with Gasteiger partial charge in [-0.15, -0.1) is 0 Å². The summed E-state index contributed by atoms with van der Waals surface area (Å²) >= 11 is 0. The lowest BCUT2D eigenvalue weighted by Gasteiger charge is -2.26. The first kappa shape index (κ1) is 23.9. The third-order valence-corrected chi connectivity index (χ3v) is 6.31. The Balaban J connectivity index is 2.01. The molecule has 1 unspecified atom stereocenters. The molecule has 1 N–H and O–H groups in total. The number of ketones is 1. The van der Waals surface area contributed by atoms with Gasteiger partial charge in [0.05, 0.1) is 32.9 Å². The van der Waals surface area contributed by atoms with Crippen LogP contribution in [0.3, 0.4) is 0 Å². The van der Waals surface area contributed by atoms with Crippen molar-refractivity contribution in [2.45, 2.75) is 19.9 Å². The molecule has 1 aliphatic rings. The van der Waals surface area contributed by atoms with E-state index < -0.39 is 17.7 Å². The van der Waals surface area contributed by atoms with Crippen molar-refractivity contribution in [1.82, 2.24) is 0 Å². The van der Waals surface area contributed by atoms with Crippen molar-refractivity contribution in [2.24, 2.45) is 0 Å². The molecule has 1 aliphatic heterocycles. The van der Waals surface area contributed by atoms with Crippen LogP contribution in [0.15, 0.2) is 66.2 Å². The minimum Gasteiger partial charge on any atom is -0.506 e. The number of nitrogens with zero attached hydrogens (tertiary/aromatic N) is 1. The summed E-state index contributed by atoms with van der Waals surface area (Å²) in [5.41, 5.74) is 3.38. The number of hydrogen-bond acceptors (Lipinski definition) is 6. The summed E-state index contributed by atoms with van der Waals surface area (Å²) in [7, 11) is 4.48.